The zero-order valence-electron chi connectivity index (χ0n) is 14.2. The summed E-state index contributed by atoms with van der Waals surface area (Å²) in [5.41, 5.74) is 1.77. The van der Waals surface area contributed by atoms with Crippen LogP contribution in [0.1, 0.15) is 10.4 Å². The molecule has 3 N–H and O–H groups in total. The van der Waals surface area contributed by atoms with Crippen molar-refractivity contribution in [2.75, 3.05) is 38.0 Å². The highest BCUT2D eigenvalue weighted by atomic mass is 35.5. The molecule has 1 aliphatic rings. The molecule has 134 valence electrons. The van der Waals surface area contributed by atoms with Crippen LogP contribution in [0, 0.1) is 6.92 Å². The maximum atomic E-state index is 12.3. The van der Waals surface area contributed by atoms with Crippen molar-refractivity contribution >= 4 is 46.1 Å². The molecule has 1 aromatic carbocycles. The second kappa shape index (κ2) is 8.52. The number of benzene rings is 1. The predicted octanol–water partition coefficient (Wildman–Crippen LogP) is 1.29. The van der Waals surface area contributed by atoms with E-state index in [4.69, 9.17) is 23.2 Å². The van der Waals surface area contributed by atoms with Crippen molar-refractivity contribution < 1.29 is 14.6 Å². The normalized spacial score (nSPS) is 20.4. The molecule has 0 radical (unpaired) electrons. The van der Waals surface area contributed by atoms with Crippen LogP contribution in [-0.4, -0.2) is 38.6 Å². The van der Waals surface area contributed by atoms with Crippen LogP contribution in [0.2, 0.25) is 9.36 Å². The fourth-order valence-electron chi connectivity index (χ4n) is 3.15. The Morgan fingerprint density at radius 2 is 1.84 bits per heavy atom. The van der Waals surface area contributed by atoms with Gasteiger partial charge in [-0.05, 0) is 36.8 Å². The van der Waals surface area contributed by atoms with E-state index in [-0.39, 0.29) is 5.91 Å². The first-order valence-corrected chi connectivity index (χ1v) is 10.0. The summed E-state index contributed by atoms with van der Waals surface area (Å²) in [4.78, 5) is 16.5. The molecular formula is C18H23Cl2N3OS+2. The molecule has 3 rings (SSSR count). The first kappa shape index (κ1) is 18.7. The first-order valence-electron chi connectivity index (χ1n) is 8.47. The average molecular weight is 400 g/mol. The zero-order chi connectivity index (χ0) is 17.8. The van der Waals surface area contributed by atoms with Crippen LogP contribution in [0.15, 0.2) is 30.3 Å². The molecule has 0 spiro atoms. The van der Waals surface area contributed by atoms with Gasteiger partial charge in [0.15, 0.2) is 6.54 Å². The van der Waals surface area contributed by atoms with E-state index >= 15 is 0 Å². The molecule has 1 aromatic heterocycles. The molecule has 0 unspecified atom stereocenters. The molecular weight excluding hydrogens is 377 g/mol. The molecule has 1 amide bonds. The molecule has 25 heavy (non-hydrogen) atoms. The molecule has 1 aliphatic heterocycles. The highest BCUT2D eigenvalue weighted by molar-refractivity contribution is 7.16. The largest absolute Gasteiger partial charge is 0.321 e. The summed E-state index contributed by atoms with van der Waals surface area (Å²) >= 11 is 13.8. The van der Waals surface area contributed by atoms with E-state index in [2.05, 4.69) is 11.4 Å². The summed E-state index contributed by atoms with van der Waals surface area (Å²) < 4.78 is 0.852. The molecule has 7 heteroatoms. The Hall–Kier alpha value is -1.11. The van der Waals surface area contributed by atoms with E-state index in [9.17, 15) is 4.79 Å². The summed E-state index contributed by atoms with van der Waals surface area (Å²) in [6.07, 6.45) is 0. The van der Waals surface area contributed by atoms with Gasteiger partial charge in [-0.2, -0.15) is 0 Å². The monoisotopic (exact) mass is 399 g/mol. The van der Waals surface area contributed by atoms with Crippen molar-refractivity contribution in [3.05, 3.63) is 50.1 Å². The maximum absolute atomic E-state index is 12.3. The van der Waals surface area contributed by atoms with Gasteiger partial charge in [-0.1, -0.05) is 29.3 Å². The minimum Gasteiger partial charge on any atom is -0.321 e. The molecule has 2 aromatic rings. The number of anilines is 1. The lowest BCUT2D eigenvalue weighted by Gasteiger charge is -2.29. The third-order valence-corrected chi connectivity index (χ3v) is 6.07. The quantitative estimate of drug-likeness (QED) is 0.695. The van der Waals surface area contributed by atoms with Crippen LogP contribution in [0.3, 0.4) is 0 Å². The van der Waals surface area contributed by atoms with E-state index in [1.54, 1.807) is 16.2 Å². The first-order chi connectivity index (χ1) is 12.0. The highest BCUT2D eigenvalue weighted by Gasteiger charge is 2.25. The Labute approximate surface area is 162 Å². The third kappa shape index (κ3) is 5.43. The van der Waals surface area contributed by atoms with Gasteiger partial charge in [0.1, 0.15) is 32.7 Å². The van der Waals surface area contributed by atoms with Gasteiger partial charge >= 0.3 is 0 Å². The molecule has 1 fully saturated rings. The van der Waals surface area contributed by atoms with Gasteiger partial charge in [0.2, 0.25) is 0 Å². The summed E-state index contributed by atoms with van der Waals surface area (Å²) in [5.74, 6) is 0.0224. The minimum absolute atomic E-state index is 0.0224. The second-order valence-electron chi connectivity index (χ2n) is 6.59. The lowest BCUT2D eigenvalue weighted by Crippen LogP contribution is -3.28. The van der Waals surface area contributed by atoms with E-state index in [1.165, 1.54) is 9.78 Å². The number of hydrogen-bond acceptors (Lipinski definition) is 2. The Bertz CT molecular complexity index is 742. The summed E-state index contributed by atoms with van der Waals surface area (Å²) in [6, 6.07) is 9.75. The van der Waals surface area contributed by atoms with E-state index in [0.29, 0.717) is 17.3 Å². The Morgan fingerprint density at radius 3 is 2.48 bits per heavy atom. The van der Waals surface area contributed by atoms with Gasteiger partial charge < -0.3 is 15.1 Å². The number of aryl methyl sites for hydroxylation is 1. The minimum atomic E-state index is 0.0224. The number of carbonyl (C=O) groups excluding carboxylic acids is 1. The Balaban J connectivity index is 1.44. The van der Waals surface area contributed by atoms with Crippen LogP contribution in [0.25, 0.3) is 0 Å². The SMILES string of the molecule is Cc1ccc(NC(=O)C[NH+]2CC[NH+](Cc3ccc(Cl)s3)CC2)c(Cl)c1. The molecule has 0 atom stereocenters. The number of halogens is 2. The van der Waals surface area contributed by atoms with Crippen molar-refractivity contribution in [3.63, 3.8) is 0 Å². The van der Waals surface area contributed by atoms with Crippen molar-refractivity contribution in [2.45, 2.75) is 13.5 Å². The summed E-state index contributed by atoms with van der Waals surface area (Å²) in [7, 11) is 0. The topological polar surface area (TPSA) is 38.0 Å². The highest BCUT2D eigenvalue weighted by Crippen LogP contribution is 2.22. The third-order valence-electron chi connectivity index (χ3n) is 4.53. The Morgan fingerprint density at radius 1 is 1.12 bits per heavy atom. The van der Waals surface area contributed by atoms with Gasteiger partial charge in [-0.15, -0.1) is 11.3 Å². The fourth-order valence-corrected chi connectivity index (χ4v) is 4.59. The predicted molar refractivity (Wildman–Crippen MR) is 104 cm³/mol. The molecule has 4 nitrogen and oxygen atoms in total. The number of rotatable bonds is 5. The average Bonchev–Trinajstić information content (AvgIpc) is 2.97. The van der Waals surface area contributed by atoms with Gasteiger partial charge in [0.25, 0.3) is 5.91 Å². The van der Waals surface area contributed by atoms with Crippen LogP contribution in [0.4, 0.5) is 5.69 Å². The van der Waals surface area contributed by atoms with Gasteiger partial charge in [0, 0.05) is 0 Å². The van der Waals surface area contributed by atoms with E-state index < -0.39 is 0 Å². The molecule has 1 saturated heterocycles. The van der Waals surface area contributed by atoms with Crippen molar-refractivity contribution in [1.29, 1.82) is 0 Å². The number of piperazine rings is 1. The molecule has 0 aliphatic carbocycles. The van der Waals surface area contributed by atoms with Gasteiger partial charge in [0.05, 0.1) is 19.9 Å². The maximum Gasteiger partial charge on any atom is 0.279 e. The van der Waals surface area contributed by atoms with Crippen LogP contribution < -0.4 is 15.1 Å². The number of thiophene rings is 1. The second-order valence-corrected chi connectivity index (χ2v) is 8.80. The van der Waals surface area contributed by atoms with Gasteiger partial charge in [-0.25, -0.2) is 0 Å². The van der Waals surface area contributed by atoms with Crippen molar-refractivity contribution in [1.82, 2.24) is 0 Å². The summed E-state index contributed by atoms with van der Waals surface area (Å²) in [6.45, 7) is 7.64. The van der Waals surface area contributed by atoms with Crippen LogP contribution in [-0.2, 0) is 11.3 Å². The van der Waals surface area contributed by atoms with Crippen molar-refractivity contribution in [3.8, 4) is 0 Å². The molecule has 0 saturated carbocycles. The number of nitrogens with one attached hydrogen (secondary N) is 3. The smallest absolute Gasteiger partial charge is 0.279 e. The van der Waals surface area contributed by atoms with E-state index in [1.807, 2.05) is 31.2 Å². The lowest BCUT2D eigenvalue weighted by atomic mass is 10.2. The van der Waals surface area contributed by atoms with Crippen LogP contribution >= 0.6 is 34.5 Å². The Kier molecular flexibility index (Phi) is 6.36. The molecule has 0 bridgehead atoms. The molecule has 2 heterocycles. The van der Waals surface area contributed by atoms with Gasteiger partial charge in [-0.3, -0.25) is 4.79 Å². The fraction of sp³-hybridized carbons (Fsp3) is 0.389. The lowest BCUT2D eigenvalue weighted by molar-refractivity contribution is -1.01. The number of quaternary nitrogens is 2. The van der Waals surface area contributed by atoms with Crippen molar-refractivity contribution in [2.24, 2.45) is 0 Å². The number of carbonyl (C=O) groups is 1. The standard InChI is InChI=1S/C18H21Cl2N3OS/c1-13-2-4-16(15(19)10-13)21-18(24)12-23-8-6-22(7-9-23)11-14-3-5-17(20)25-14/h2-5,10H,6-9,11-12H2,1H3,(H,21,24)/p+2. The number of amides is 1. The number of hydrogen-bond donors (Lipinski definition) is 3. The summed E-state index contributed by atoms with van der Waals surface area (Å²) in [5, 5.41) is 3.52. The zero-order valence-corrected chi connectivity index (χ0v) is 16.5. The van der Waals surface area contributed by atoms with E-state index in [0.717, 1.165) is 42.6 Å². The van der Waals surface area contributed by atoms with Crippen LogP contribution in [0.5, 0.6) is 0 Å².